The van der Waals surface area contributed by atoms with Crippen molar-refractivity contribution in [3.63, 3.8) is 0 Å². The quantitative estimate of drug-likeness (QED) is 0.413. The lowest BCUT2D eigenvalue weighted by molar-refractivity contribution is -0.137. The molecular formula is C20H16ClF3N6O3S. The van der Waals surface area contributed by atoms with E-state index in [1.807, 2.05) is 0 Å². The molecule has 9 nitrogen and oxygen atoms in total. The van der Waals surface area contributed by atoms with Crippen molar-refractivity contribution in [2.45, 2.75) is 12.6 Å². The van der Waals surface area contributed by atoms with Crippen LogP contribution in [0.4, 0.5) is 23.1 Å². The fourth-order valence-corrected chi connectivity index (χ4v) is 3.94. The van der Waals surface area contributed by atoms with Crippen molar-refractivity contribution in [1.82, 2.24) is 15.2 Å². The van der Waals surface area contributed by atoms with E-state index in [9.17, 15) is 27.6 Å². The number of aliphatic imine (C=N–C) groups is 1. The number of nitrogens with one attached hydrogen (secondary N) is 3. The maximum absolute atomic E-state index is 13.1. The van der Waals surface area contributed by atoms with Crippen molar-refractivity contribution < 1.29 is 27.6 Å². The fourth-order valence-electron chi connectivity index (χ4n) is 2.98. The van der Waals surface area contributed by atoms with E-state index in [0.29, 0.717) is 0 Å². The zero-order chi connectivity index (χ0) is 25.2. The van der Waals surface area contributed by atoms with Crippen LogP contribution >= 0.6 is 22.9 Å². The molecular weight excluding hydrogens is 497 g/mol. The zero-order valence-electron chi connectivity index (χ0n) is 17.6. The van der Waals surface area contributed by atoms with Gasteiger partial charge in [0.2, 0.25) is 5.91 Å². The molecule has 1 fully saturated rings. The Morgan fingerprint density at radius 2 is 2.09 bits per heavy atom. The number of amides is 4. The van der Waals surface area contributed by atoms with Gasteiger partial charge >= 0.3 is 12.2 Å². The van der Waals surface area contributed by atoms with Crippen LogP contribution < -0.4 is 10.6 Å². The van der Waals surface area contributed by atoms with E-state index in [4.69, 9.17) is 17.0 Å². The summed E-state index contributed by atoms with van der Waals surface area (Å²) < 4.78 is 39.3. The van der Waals surface area contributed by atoms with Gasteiger partial charge in [0, 0.05) is 31.3 Å². The second-order valence-electron chi connectivity index (χ2n) is 6.87. The summed E-state index contributed by atoms with van der Waals surface area (Å²) in [6, 6.07) is 2.66. The van der Waals surface area contributed by atoms with Crippen LogP contribution in [0, 0.1) is 5.41 Å². The van der Waals surface area contributed by atoms with E-state index in [1.165, 1.54) is 25.5 Å². The van der Waals surface area contributed by atoms with Gasteiger partial charge in [-0.3, -0.25) is 24.8 Å². The molecule has 1 aromatic carbocycles. The van der Waals surface area contributed by atoms with Crippen LogP contribution in [0.25, 0.3) is 11.3 Å². The number of amidine groups is 1. The van der Waals surface area contributed by atoms with Gasteiger partial charge in [-0.15, -0.1) is 11.3 Å². The van der Waals surface area contributed by atoms with E-state index in [-0.39, 0.29) is 33.4 Å². The monoisotopic (exact) mass is 512 g/mol. The molecule has 0 atom stereocenters. The van der Waals surface area contributed by atoms with E-state index in [2.05, 4.69) is 20.6 Å². The number of benzene rings is 1. The minimum Gasteiger partial charge on any atom is -0.308 e. The van der Waals surface area contributed by atoms with E-state index in [0.717, 1.165) is 34.6 Å². The van der Waals surface area contributed by atoms with E-state index in [1.54, 1.807) is 0 Å². The summed E-state index contributed by atoms with van der Waals surface area (Å²) in [5, 5.41) is 13.6. The van der Waals surface area contributed by atoms with Gasteiger partial charge in [-0.2, -0.15) is 13.2 Å². The highest BCUT2D eigenvalue weighted by molar-refractivity contribution is 7.14. The van der Waals surface area contributed by atoms with Crippen LogP contribution in [-0.2, 0) is 15.8 Å². The third-order valence-electron chi connectivity index (χ3n) is 4.67. The first kappa shape index (κ1) is 25.1. The van der Waals surface area contributed by atoms with Crippen LogP contribution in [0.15, 0.2) is 39.7 Å². The third kappa shape index (κ3) is 5.15. The molecule has 0 bridgehead atoms. The Balaban J connectivity index is 1.81. The number of carbonyl (C=O) groups excluding carboxylic acids is 3. The van der Waals surface area contributed by atoms with Crippen molar-refractivity contribution in [3.8, 4) is 11.3 Å². The minimum atomic E-state index is -4.64. The Hall–Kier alpha value is -3.58. The highest BCUT2D eigenvalue weighted by Crippen LogP contribution is 2.37. The molecule has 3 N–H and O–H groups in total. The first-order valence-electron chi connectivity index (χ1n) is 9.38. The fraction of sp³-hybridized carbons (Fsp3) is 0.200. The summed E-state index contributed by atoms with van der Waals surface area (Å²) in [6.07, 6.45) is -4.24. The molecule has 2 heterocycles. The van der Waals surface area contributed by atoms with Crippen LogP contribution in [-0.4, -0.2) is 53.9 Å². The molecule has 34 heavy (non-hydrogen) atoms. The smallest absolute Gasteiger partial charge is 0.308 e. The van der Waals surface area contributed by atoms with Crippen molar-refractivity contribution in [2.24, 2.45) is 4.99 Å². The maximum Gasteiger partial charge on any atom is 0.417 e. The van der Waals surface area contributed by atoms with Crippen molar-refractivity contribution >= 4 is 58.0 Å². The molecule has 3 rings (SSSR count). The predicted molar refractivity (Wildman–Crippen MR) is 121 cm³/mol. The molecule has 1 saturated heterocycles. The van der Waals surface area contributed by atoms with Crippen molar-refractivity contribution in [1.29, 1.82) is 5.41 Å². The number of thiazole rings is 1. The van der Waals surface area contributed by atoms with Crippen LogP contribution in [0.5, 0.6) is 0 Å². The number of carbonyl (C=O) groups is 3. The van der Waals surface area contributed by atoms with Gasteiger partial charge in [-0.25, -0.2) is 9.78 Å². The zero-order valence-corrected chi connectivity index (χ0v) is 19.2. The van der Waals surface area contributed by atoms with Crippen LogP contribution in [0.3, 0.4) is 0 Å². The van der Waals surface area contributed by atoms with Gasteiger partial charge in [-0.1, -0.05) is 17.7 Å². The summed E-state index contributed by atoms with van der Waals surface area (Å²) >= 11 is 6.62. The second kappa shape index (κ2) is 9.73. The lowest BCUT2D eigenvalue weighted by Gasteiger charge is -2.26. The van der Waals surface area contributed by atoms with Gasteiger partial charge in [-0.05, 0) is 17.7 Å². The average Bonchev–Trinajstić information content (AvgIpc) is 3.23. The minimum absolute atomic E-state index is 0.000695. The van der Waals surface area contributed by atoms with Crippen LogP contribution in [0.1, 0.15) is 12.0 Å². The molecule has 14 heteroatoms. The molecule has 0 saturated carbocycles. The number of rotatable bonds is 5. The van der Waals surface area contributed by atoms with E-state index < -0.39 is 41.0 Å². The number of anilines is 1. The molecule has 1 aromatic heterocycles. The Labute approximate surface area is 199 Å². The SMILES string of the molecule is CN=C1NC(=O)N(C)C(=O)/C1=C(/C=N)CC(=O)Nc1nc(-c2ccc(Cl)c(C(F)(F)F)c2)cs1. The highest BCUT2D eigenvalue weighted by Gasteiger charge is 2.34. The van der Waals surface area contributed by atoms with Gasteiger partial charge in [0.1, 0.15) is 5.84 Å². The lowest BCUT2D eigenvalue weighted by Crippen LogP contribution is -2.53. The topological polar surface area (TPSA) is 128 Å². The number of likely N-dealkylation sites (N-methyl/N-ethyl adjacent to an activating group) is 1. The number of imide groups is 1. The first-order chi connectivity index (χ1) is 16.0. The second-order valence-corrected chi connectivity index (χ2v) is 8.13. The van der Waals surface area contributed by atoms with Gasteiger partial charge in [0.15, 0.2) is 5.13 Å². The number of halogens is 4. The summed E-state index contributed by atoms with van der Waals surface area (Å²) in [7, 11) is 2.58. The third-order valence-corrected chi connectivity index (χ3v) is 5.76. The summed E-state index contributed by atoms with van der Waals surface area (Å²) in [5.41, 5.74) is -0.753. The predicted octanol–water partition coefficient (Wildman–Crippen LogP) is 3.97. The maximum atomic E-state index is 13.1. The van der Waals surface area contributed by atoms with Gasteiger partial charge < -0.3 is 10.7 Å². The summed E-state index contributed by atoms with van der Waals surface area (Å²) in [4.78, 5) is 45.6. The average molecular weight is 513 g/mol. The number of nitrogens with zero attached hydrogens (tertiary/aromatic N) is 3. The molecule has 1 aliphatic heterocycles. The van der Waals surface area contributed by atoms with Crippen LogP contribution in [0.2, 0.25) is 5.02 Å². The first-order valence-corrected chi connectivity index (χ1v) is 10.6. The van der Waals surface area contributed by atoms with Crippen molar-refractivity contribution in [3.05, 3.63) is 45.3 Å². The van der Waals surface area contributed by atoms with E-state index >= 15 is 0 Å². The molecule has 4 amide bonds. The Kier molecular flexibility index (Phi) is 7.17. The standard InChI is InChI=1S/C20H16ClF3N6O3S/c1-26-16-15(17(32)30(2)19(33)29-16)10(7-25)6-14(31)28-18-27-13(8-34-18)9-3-4-12(21)11(5-9)20(22,23)24/h3-5,7-8,25H,6H2,1-2H3,(H,26,29,33)(H,27,28,31)/b15-10+,25-7?. The Bertz CT molecular complexity index is 1250. The lowest BCUT2D eigenvalue weighted by atomic mass is 10.0. The number of hydrogen-bond donors (Lipinski definition) is 3. The molecule has 1 aliphatic rings. The number of alkyl halides is 3. The van der Waals surface area contributed by atoms with Crippen molar-refractivity contribution in [2.75, 3.05) is 19.4 Å². The number of urea groups is 1. The largest absolute Gasteiger partial charge is 0.417 e. The molecule has 0 unspecified atom stereocenters. The molecule has 0 aliphatic carbocycles. The number of hydrogen-bond acceptors (Lipinski definition) is 7. The van der Waals surface area contributed by atoms with Gasteiger partial charge in [0.25, 0.3) is 5.91 Å². The Morgan fingerprint density at radius 3 is 2.71 bits per heavy atom. The molecule has 0 radical (unpaired) electrons. The Morgan fingerprint density at radius 1 is 1.38 bits per heavy atom. The number of aromatic nitrogens is 1. The summed E-state index contributed by atoms with van der Waals surface area (Å²) in [6.45, 7) is 0. The molecule has 2 aromatic rings. The van der Waals surface area contributed by atoms with Gasteiger partial charge in [0.05, 0.1) is 28.3 Å². The molecule has 178 valence electrons. The normalized spacial score (nSPS) is 17.0. The highest BCUT2D eigenvalue weighted by atomic mass is 35.5. The molecule has 0 spiro atoms. The summed E-state index contributed by atoms with van der Waals surface area (Å²) in [5.74, 6) is -1.43.